The van der Waals surface area contributed by atoms with Crippen LogP contribution in [-0.2, 0) is 17.8 Å². The van der Waals surface area contributed by atoms with Crippen molar-refractivity contribution in [1.29, 1.82) is 0 Å². The van der Waals surface area contributed by atoms with E-state index in [0.717, 1.165) is 35.5 Å². The number of rotatable bonds is 9. The molecule has 0 spiro atoms. The topological polar surface area (TPSA) is 64.1 Å². The number of aliphatic imine (C=N–C) groups is 1. The third kappa shape index (κ3) is 7.40. The molecule has 1 heterocycles. The number of hydrogen-bond donors (Lipinski definition) is 2. The maximum atomic E-state index is 12.4. The Kier molecular flexibility index (Phi) is 8.46. The fraction of sp³-hybridized carbons (Fsp3) is 0.435. The van der Waals surface area contributed by atoms with E-state index < -0.39 is 6.61 Å². The first-order chi connectivity index (χ1) is 15.0. The second-order valence-electron chi connectivity index (χ2n) is 7.29. The van der Waals surface area contributed by atoms with Crippen LogP contribution in [0.25, 0.3) is 0 Å². The van der Waals surface area contributed by atoms with Crippen molar-refractivity contribution in [2.45, 2.75) is 46.1 Å². The van der Waals surface area contributed by atoms with Gasteiger partial charge in [-0.25, -0.2) is 4.99 Å². The highest BCUT2D eigenvalue weighted by Gasteiger charge is 2.18. The highest BCUT2D eigenvalue weighted by molar-refractivity contribution is 5.79. The number of guanidine groups is 1. The van der Waals surface area contributed by atoms with E-state index in [4.69, 9.17) is 9.47 Å². The number of nitrogens with zero attached hydrogens (tertiary/aromatic N) is 1. The summed E-state index contributed by atoms with van der Waals surface area (Å²) in [6.07, 6.45) is 0.962. The zero-order chi connectivity index (χ0) is 22.1. The Morgan fingerprint density at radius 2 is 2.10 bits per heavy atom. The molecule has 2 N–H and O–H groups in total. The fourth-order valence-electron chi connectivity index (χ4n) is 3.21. The molecule has 31 heavy (non-hydrogen) atoms. The van der Waals surface area contributed by atoms with Gasteiger partial charge in [-0.05, 0) is 43.2 Å². The van der Waals surface area contributed by atoms with Crippen molar-refractivity contribution >= 4 is 5.96 Å². The van der Waals surface area contributed by atoms with E-state index in [1.165, 1.54) is 6.07 Å². The first-order valence-electron chi connectivity index (χ1n) is 10.4. The number of alkyl halides is 2. The van der Waals surface area contributed by atoms with Crippen LogP contribution < -0.4 is 20.1 Å². The predicted octanol–water partition coefficient (Wildman–Crippen LogP) is 4.02. The molecule has 1 saturated heterocycles. The molecular weight excluding hydrogens is 404 g/mol. The van der Waals surface area contributed by atoms with E-state index in [-0.39, 0.29) is 11.9 Å². The van der Waals surface area contributed by atoms with Gasteiger partial charge in [0.05, 0.1) is 19.8 Å². The van der Waals surface area contributed by atoms with E-state index >= 15 is 0 Å². The Morgan fingerprint density at radius 3 is 2.84 bits per heavy atom. The molecule has 3 rings (SSSR count). The van der Waals surface area contributed by atoms with Gasteiger partial charge in [-0.2, -0.15) is 8.78 Å². The summed E-state index contributed by atoms with van der Waals surface area (Å²) in [7, 11) is 0. The van der Waals surface area contributed by atoms with Crippen molar-refractivity contribution < 1.29 is 23.0 Å². The molecule has 8 heteroatoms. The van der Waals surface area contributed by atoms with E-state index in [0.29, 0.717) is 32.2 Å². The Bertz CT molecular complexity index is 871. The molecule has 0 amide bonds. The molecule has 2 aromatic rings. The highest BCUT2D eigenvalue weighted by Crippen LogP contribution is 2.24. The van der Waals surface area contributed by atoms with Crippen LogP contribution in [0, 0.1) is 6.92 Å². The highest BCUT2D eigenvalue weighted by atomic mass is 19.3. The van der Waals surface area contributed by atoms with Crippen LogP contribution >= 0.6 is 0 Å². The monoisotopic (exact) mass is 433 g/mol. The Labute approximate surface area is 181 Å². The fourth-order valence-corrected chi connectivity index (χ4v) is 3.21. The number of aryl methyl sites for hydroxylation is 1. The zero-order valence-electron chi connectivity index (χ0n) is 17.9. The quantitative estimate of drug-likeness (QED) is 0.462. The van der Waals surface area contributed by atoms with E-state index in [9.17, 15) is 8.78 Å². The lowest BCUT2D eigenvalue weighted by molar-refractivity contribution is -0.0498. The average molecular weight is 433 g/mol. The number of halogens is 2. The van der Waals surface area contributed by atoms with Gasteiger partial charge in [0.2, 0.25) is 0 Å². The summed E-state index contributed by atoms with van der Waals surface area (Å²) in [6.45, 7) is 4.05. The van der Waals surface area contributed by atoms with Crippen LogP contribution in [0.2, 0.25) is 0 Å². The smallest absolute Gasteiger partial charge is 0.387 e. The van der Waals surface area contributed by atoms with Crippen LogP contribution in [-0.4, -0.2) is 38.4 Å². The summed E-state index contributed by atoms with van der Waals surface area (Å²) in [6, 6.07) is 12.7. The molecule has 0 aliphatic carbocycles. The third-order valence-electron chi connectivity index (χ3n) is 4.74. The standard InChI is InChI=1S/C23H29F2N3O3/c1-3-26-23(27-13-17-5-4-6-19(12-17)31-22(24)25)28-14-18-8-7-16(2)11-21(18)30-20-9-10-29-15-20/h4-8,11-12,20,22H,3,9-10,13-15H2,1-2H3,(H2,26,27,28). The summed E-state index contributed by atoms with van der Waals surface area (Å²) in [5, 5.41) is 6.52. The maximum Gasteiger partial charge on any atom is 0.387 e. The number of hydrogen-bond acceptors (Lipinski definition) is 4. The lowest BCUT2D eigenvalue weighted by Gasteiger charge is -2.18. The van der Waals surface area contributed by atoms with Crippen molar-refractivity contribution in [3.63, 3.8) is 0 Å². The van der Waals surface area contributed by atoms with Gasteiger partial charge in [-0.3, -0.25) is 0 Å². The van der Waals surface area contributed by atoms with Gasteiger partial charge in [-0.1, -0.05) is 24.3 Å². The van der Waals surface area contributed by atoms with Crippen LogP contribution in [0.4, 0.5) is 8.78 Å². The molecule has 168 valence electrons. The lowest BCUT2D eigenvalue weighted by atomic mass is 10.1. The second kappa shape index (κ2) is 11.5. The molecule has 2 aromatic carbocycles. The summed E-state index contributed by atoms with van der Waals surface area (Å²) in [5.41, 5.74) is 2.93. The average Bonchev–Trinajstić information content (AvgIpc) is 3.24. The van der Waals surface area contributed by atoms with Crippen molar-refractivity contribution in [2.24, 2.45) is 4.99 Å². The van der Waals surface area contributed by atoms with E-state index in [1.54, 1.807) is 12.1 Å². The van der Waals surface area contributed by atoms with Crippen molar-refractivity contribution in [3.05, 3.63) is 59.2 Å². The van der Waals surface area contributed by atoms with Gasteiger partial charge in [0.1, 0.15) is 17.6 Å². The summed E-state index contributed by atoms with van der Waals surface area (Å²) < 4.78 is 40.9. The van der Waals surface area contributed by atoms with Crippen LogP contribution in [0.5, 0.6) is 11.5 Å². The van der Waals surface area contributed by atoms with Crippen molar-refractivity contribution in [2.75, 3.05) is 19.8 Å². The molecule has 1 atom stereocenters. The molecule has 0 radical (unpaired) electrons. The first-order valence-corrected chi connectivity index (χ1v) is 10.4. The maximum absolute atomic E-state index is 12.4. The molecule has 0 bridgehead atoms. The van der Waals surface area contributed by atoms with Crippen LogP contribution in [0.3, 0.4) is 0 Å². The molecule has 1 unspecified atom stereocenters. The van der Waals surface area contributed by atoms with Crippen LogP contribution in [0.1, 0.15) is 30.0 Å². The lowest BCUT2D eigenvalue weighted by Crippen LogP contribution is -2.37. The SMILES string of the molecule is CCNC(=NCc1cccc(OC(F)F)c1)NCc1ccc(C)cc1OC1CCOC1. The van der Waals surface area contributed by atoms with Gasteiger partial charge < -0.3 is 24.8 Å². The molecule has 6 nitrogen and oxygen atoms in total. The Balaban J connectivity index is 1.65. The van der Waals surface area contributed by atoms with Gasteiger partial charge in [0.25, 0.3) is 0 Å². The van der Waals surface area contributed by atoms with Gasteiger partial charge in [0.15, 0.2) is 5.96 Å². The molecule has 1 aliphatic rings. The number of benzene rings is 2. The minimum absolute atomic E-state index is 0.0742. The van der Waals surface area contributed by atoms with Crippen LogP contribution in [0.15, 0.2) is 47.5 Å². The summed E-state index contributed by atoms with van der Waals surface area (Å²) >= 11 is 0. The second-order valence-corrected chi connectivity index (χ2v) is 7.29. The van der Waals surface area contributed by atoms with E-state index in [1.807, 2.05) is 38.1 Å². The van der Waals surface area contributed by atoms with E-state index in [2.05, 4.69) is 20.4 Å². The normalized spacial score (nSPS) is 16.4. The van der Waals surface area contributed by atoms with Gasteiger partial charge in [0, 0.05) is 25.1 Å². The molecular formula is C23H29F2N3O3. The minimum atomic E-state index is -2.85. The van der Waals surface area contributed by atoms with Crippen molar-refractivity contribution in [3.8, 4) is 11.5 Å². The summed E-state index contributed by atoms with van der Waals surface area (Å²) in [4.78, 5) is 4.56. The number of nitrogens with one attached hydrogen (secondary N) is 2. The predicted molar refractivity (Wildman–Crippen MR) is 116 cm³/mol. The Hall–Kier alpha value is -2.87. The van der Waals surface area contributed by atoms with Gasteiger partial charge >= 0.3 is 6.61 Å². The zero-order valence-corrected chi connectivity index (χ0v) is 17.9. The molecule has 0 aromatic heterocycles. The number of ether oxygens (including phenoxy) is 3. The summed E-state index contributed by atoms with van der Waals surface area (Å²) in [5.74, 6) is 1.59. The third-order valence-corrected chi connectivity index (χ3v) is 4.74. The van der Waals surface area contributed by atoms with Gasteiger partial charge in [-0.15, -0.1) is 0 Å². The molecule has 1 fully saturated rings. The minimum Gasteiger partial charge on any atom is -0.488 e. The van der Waals surface area contributed by atoms with Crippen molar-refractivity contribution in [1.82, 2.24) is 10.6 Å². The molecule has 1 aliphatic heterocycles. The first kappa shape index (κ1) is 22.8. The largest absolute Gasteiger partial charge is 0.488 e. The molecule has 0 saturated carbocycles. The Morgan fingerprint density at radius 1 is 1.23 bits per heavy atom.